The topological polar surface area (TPSA) is 94.3 Å². The minimum Gasteiger partial charge on any atom is -0.377 e. The third kappa shape index (κ3) is 4.23. The van der Waals surface area contributed by atoms with Crippen molar-refractivity contribution in [3.05, 3.63) is 40.9 Å². The zero-order valence-electron chi connectivity index (χ0n) is 16.3. The molecule has 2 aromatic heterocycles. The minimum atomic E-state index is -0.281. The molecule has 1 aliphatic carbocycles. The second-order valence-electron chi connectivity index (χ2n) is 7.33. The Morgan fingerprint density at radius 3 is 3.03 bits per heavy atom. The van der Waals surface area contributed by atoms with Gasteiger partial charge in [0, 0.05) is 30.3 Å². The van der Waals surface area contributed by atoms with Crippen LogP contribution in [-0.2, 0) is 4.74 Å². The summed E-state index contributed by atoms with van der Waals surface area (Å²) in [5, 5.41) is 18.0. The normalized spacial score (nSPS) is 19.6. The Morgan fingerprint density at radius 1 is 1.52 bits per heavy atom. The SMILES string of the molecule is [C-]#[N+]C(C#Cc1cc(N2CCOC[C@H]2C)nc(Nc2ccn[nH]2)c1C=N)C1CC1. The smallest absolute Gasteiger partial charge is 0.286 e. The van der Waals surface area contributed by atoms with Gasteiger partial charge in [-0.3, -0.25) is 9.94 Å². The third-order valence-corrected chi connectivity index (χ3v) is 5.17. The second-order valence-corrected chi connectivity index (χ2v) is 7.33. The fourth-order valence-electron chi connectivity index (χ4n) is 3.37. The van der Waals surface area contributed by atoms with Crippen molar-refractivity contribution >= 4 is 23.7 Å². The molecule has 0 bridgehead atoms. The molecule has 0 spiro atoms. The average molecular weight is 389 g/mol. The van der Waals surface area contributed by atoms with E-state index in [0.717, 1.165) is 25.2 Å². The number of nitrogens with zero attached hydrogens (tertiary/aromatic N) is 4. The van der Waals surface area contributed by atoms with Gasteiger partial charge in [-0.15, -0.1) is 0 Å². The maximum absolute atomic E-state index is 7.94. The molecule has 4 rings (SSSR count). The van der Waals surface area contributed by atoms with Crippen LogP contribution in [0.2, 0.25) is 0 Å². The highest BCUT2D eigenvalue weighted by Gasteiger charge is 2.34. The zero-order valence-corrected chi connectivity index (χ0v) is 16.3. The molecule has 1 unspecified atom stereocenters. The standard InChI is InChI=1S/C21H23N7O/c1-14-13-29-10-9-28(14)20-11-16(5-6-18(23-2)15-3-4-15)17(12-22)21(26-20)25-19-7-8-24-27-19/h7-8,11-12,14-15,18,22H,3-4,9-10,13H2,1H3,(H2,24,25,26,27)/t14-,18?/m1/s1. The van der Waals surface area contributed by atoms with E-state index in [1.165, 1.54) is 6.21 Å². The number of aromatic nitrogens is 3. The van der Waals surface area contributed by atoms with Gasteiger partial charge in [-0.2, -0.15) is 5.10 Å². The molecule has 1 saturated carbocycles. The monoisotopic (exact) mass is 389 g/mol. The second kappa shape index (κ2) is 8.34. The highest BCUT2D eigenvalue weighted by atomic mass is 16.5. The quantitative estimate of drug-likeness (QED) is 0.415. The molecule has 2 aromatic rings. The van der Waals surface area contributed by atoms with Crippen molar-refractivity contribution in [2.24, 2.45) is 5.92 Å². The molecule has 2 aliphatic rings. The molecule has 2 atom stereocenters. The molecule has 0 amide bonds. The van der Waals surface area contributed by atoms with Gasteiger partial charge in [-0.1, -0.05) is 5.92 Å². The average Bonchev–Trinajstić information content (AvgIpc) is 3.44. The summed E-state index contributed by atoms with van der Waals surface area (Å²) in [5.41, 5.74) is 1.29. The minimum absolute atomic E-state index is 0.186. The molecular weight excluding hydrogens is 366 g/mol. The molecule has 148 valence electrons. The maximum Gasteiger partial charge on any atom is 0.286 e. The highest BCUT2D eigenvalue weighted by Crippen LogP contribution is 2.34. The third-order valence-electron chi connectivity index (χ3n) is 5.17. The van der Waals surface area contributed by atoms with E-state index in [2.05, 4.69) is 44.0 Å². The number of H-pyrrole nitrogens is 1. The Balaban J connectivity index is 1.76. The lowest BCUT2D eigenvalue weighted by Crippen LogP contribution is -2.44. The maximum atomic E-state index is 7.94. The largest absolute Gasteiger partial charge is 0.377 e. The van der Waals surface area contributed by atoms with Crippen LogP contribution in [0.4, 0.5) is 17.5 Å². The first-order valence-corrected chi connectivity index (χ1v) is 9.74. The van der Waals surface area contributed by atoms with E-state index < -0.39 is 0 Å². The number of hydrogen-bond acceptors (Lipinski definition) is 6. The molecule has 3 N–H and O–H groups in total. The number of pyridine rings is 1. The summed E-state index contributed by atoms with van der Waals surface area (Å²) in [6.45, 7) is 11.5. The Hall–Kier alpha value is -3.36. The first-order chi connectivity index (χ1) is 14.2. The van der Waals surface area contributed by atoms with Crippen molar-refractivity contribution in [3.8, 4) is 11.8 Å². The lowest BCUT2D eigenvalue weighted by atomic mass is 10.1. The number of morpholine rings is 1. The van der Waals surface area contributed by atoms with Crippen LogP contribution < -0.4 is 10.2 Å². The van der Waals surface area contributed by atoms with E-state index in [9.17, 15) is 0 Å². The first-order valence-electron chi connectivity index (χ1n) is 9.74. The number of ether oxygens (including phenoxy) is 1. The van der Waals surface area contributed by atoms with Crippen LogP contribution in [0, 0.1) is 29.7 Å². The Morgan fingerprint density at radius 2 is 2.38 bits per heavy atom. The van der Waals surface area contributed by atoms with Gasteiger partial charge in [-0.05, 0) is 31.8 Å². The molecule has 8 nitrogen and oxygen atoms in total. The van der Waals surface area contributed by atoms with Gasteiger partial charge in [0.2, 0.25) is 0 Å². The molecular formula is C21H23N7O. The lowest BCUT2D eigenvalue weighted by molar-refractivity contribution is 0.0985. The summed E-state index contributed by atoms with van der Waals surface area (Å²) in [7, 11) is 0. The number of nitrogens with one attached hydrogen (secondary N) is 3. The lowest BCUT2D eigenvalue weighted by Gasteiger charge is -2.34. The Bertz CT molecular complexity index is 979. The van der Waals surface area contributed by atoms with E-state index in [1.807, 2.05) is 6.07 Å². The molecule has 3 heterocycles. The molecule has 1 aliphatic heterocycles. The van der Waals surface area contributed by atoms with Crippen LogP contribution in [0.1, 0.15) is 30.9 Å². The highest BCUT2D eigenvalue weighted by molar-refractivity contribution is 5.90. The van der Waals surface area contributed by atoms with Crippen LogP contribution in [0.5, 0.6) is 0 Å². The number of rotatable bonds is 5. The number of aromatic amines is 1. The molecule has 0 aromatic carbocycles. The predicted molar refractivity (Wildman–Crippen MR) is 112 cm³/mol. The summed E-state index contributed by atoms with van der Waals surface area (Å²) in [5.74, 6) is 8.68. The van der Waals surface area contributed by atoms with E-state index in [0.29, 0.717) is 41.9 Å². The number of anilines is 3. The summed E-state index contributed by atoms with van der Waals surface area (Å²) in [6, 6.07) is 3.62. The van der Waals surface area contributed by atoms with Crippen molar-refractivity contribution in [1.82, 2.24) is 15.2 Å². The van der Waals surface area contributed by atoms with Crippen LogP contribution in [0.25, 0.3) is 4.85 Å². The van der Waals surface area contributed by atoms with Gasteiger partial charge in [0.25, 0.3) is 6.04 Å². The van der Waals surface area contributed by atoms with Crippen molar-refractivity contribution in [3.63, 3.8) is 0 Å². The fraction of sp³-hybridized carbons (Fsp3) is 0.429. The van der Waals surface area contributed by atoms with Gasteiger partial charge in [0.15, 0.2) is 0 Å². The Labute approximate surface area is 170 Å². The number of hydrogen-bond donors (Lipinski definition) is 3. The summed E-state index contributed by atoms with van der Waals surface area (Å²) in [6.07, 6.45) is 5.04. The summed E-state index contributed by atoms with van der Waals surface area (Å²) < 4.78 is 5.56. The molecule has 29 heavy (non-hydrogen) atoms. The van der Waals surface area contributed by atoms with Crippen LogP contribution in [-0.4, -0.2) is 53.2 Å². The summed E-state index contributed by atoms with van der Waals surface area (Å²) >= 11 is 0. The van der Waals surface area contributed by atoms with Crippen molar-refractivity contribution in [2.75, 3.05) is 30.0 Å². The van der Waals surface area contributed by atoms with Crippen molar-refractivity contribution in [1.29, 1.82) is 5.41 Å². The fourth-order valence-corrected chi connectivity index (χ4v) is 3.37. The van der Waals surface area contributed by atoms with E-state index in [4.69, 9.17) is 21.7 Å². The predicted octanol–water partition coefficient (Wildman–Crippen LogP) is 2.82. The van der Waals surface area contributed by atoms with Crippen LogP contribution >= 0.6 is 0 Å². The van der Waals surface area contributed by atoms with E-state index >= 15 is 0 Å². The summed E-state index contributed by atoms with van der Waals surface area (Å²) in [4.78, 5) is 10.6. The Kier molecular flexibility index (Phi) is 5.46. The molecule has 1 saturated heterocycles. The first kappa shape index (κ1) is 19.0. The molecule has 0 radical (unpaired) electrons. The van der Waals surface area contributed by atoms with Crippen molar-refractivity contribution in [2.45, 2.75) is 31.8 Å². The van der Waals surface area contributed by atoms with E-state index in [-0.39, 0.29) is 12.1 Å². The van der Waals surface area contributed by atoms with Crippen LogP contribution in [0.3, 0.4) is 0 Å². The molecule has 2 fully saturated rings. The van der Waals surface area contributed by atoms with Gasteiger partial charge in [0.05, 0.1) is 31.0 Å². The van der Waals surface area contributed by atoms with Gasteiger partial charge < -0.3 is 20.4 Å². The van der Waals surface area contributed by atoms with Crippen molar-refractivity contribution < 1.29 is 4.74 Å². The van der Waals surface area contributed by atoms with E-state index in [1.54, 1.807) is 12.3 Å². The van der Waals surface area contributed by atoms with Gasteiger partial charge in [-0.25, -0.2) is 11.6 Å². The van der Waals surface area contributed by atoms with Gasteiger partial charge in [0.1, 0.15) is 17.5 Å². The van der Waals surface area contributed by atoms with Crippen LogP contribution in [0.15, 0.2) is 18.3 Å². The van der Waals surface area contributed by atoms with Gasteiger partial charge >= 0.3 is 0 Å². The zero-order chi connectivity index (χ0) is 20.2. The molecule has 8 heteroatoms.